The first-order valence-electron chi connectivity index (χ1n) is 8.80. The van der Waals surface area contributed by atoms with Crippen LogP contribution in [0.1, 0.15) is 20.8 Å². The van der Waals surface area contributed by atoms with Crippen LogP contribution >= 0.6 is 0 Å². The van der Waals surface area contributed by atoms with E-state index in [-0.39, 0.29) is 17.0 Å². The average Bonchev–Trinajstić information content (AvgIpc) is 3.13. The number of hydrogen-bond acceptors (Lipinski definition) is 4. The lowest BCUT2D eigenvalue weighted by atomic mass is 10.0. The Balaban J connectivity index is 1.71. The summed E-state index contributed by atoms with van der Waals surface area (Å²) < 4.78 is 6.83. The number of aromatic carboxylic acids is 1. The van der Waals surface area contributed by atoms with Crippen LogP contribution in [-0.2, 0) is 4.79 Å². The van der Waals surface area contributed by atoms with E-state index in [9.17, 15) is 14.4 Å². The summed E-state index contributed by atoms with van der Waals surface area (Å²) in [6, 6.07) is 21.9. The van der Waals surface area contributed by atoms with Crippen molar-refractivity contribution in [1.82, 2.24) is 4.40 Å². The van der Waals surface area contributed by atoms with Gasteiger partial charge in [-0.2, -0.15) is 0 Å². The number of esters is 1. The molecule has 142 valence electrons. The first kappa shape index (κ1) is 18.2. The molecular weight excluding hydrogens is 370 g/mol. The van der Waals surface area contributed by atoms with Gasteiger partial charge in [0.05, 0.1) is 5.56 Å². The number of carboxylic acids is 1. The van der Waals surface area contributed by atoms with E-state index < -0.39 is 17.7 Å². The SMILES string of the molecule is O=C(Oc1ccc(C(=O)O)cc1)C(=O)c1c(-c2ccccc2)cc2ccccn12. The third-order valence-corrected chi connectivity index (χ3v) is 4.48. The summed E-state index contributed by atoms with van der Waals surface area (Å²) in [6.45, 7) is 0. The molecule has 2 aromatic carbocycles. The first-order chi connectivity index (χ1) is 14.0. The van der Waals surface area contributed by atoms with E-state index in [0.717, 1.165) is 11.1 Å². The fourth-order valence-corrected chi connectivity index (χ4v) is 3.11. The molecule has 0 unspecified atom stereocenters. The molecule has 0 spiro atoms. The van der Waals surface area contributed by atoms with E-state index in [0.29, 0.717) is 5.56 Å². The second-order valence-corrected chi connectivity index (χ2v) is 6.32. The van der Waals surface area contributed by atoms with Gasteiger partial charge >= 0.3 is 11.9 Å². The summed E-state index contributed by atoms with van der Waals surface area (Å²) in [4.78, 5) is 36.5. The van der Waals surface area contributed by atoms with Gasteiger partial charge in [-0.15, -0.1) is 0 Å². The van der Waals surface area contributed by atoms with Gasteiger partial charge in [0.25, 0.3) is 5.78 Å². The van der Waals surface area contributed by atoms with Gasteiger partial charge in [0.15, 0.2) is 0 Å². The number of fused-ring (bicyclic) bond motifs is 1. The van der Waals surface area contributed by atoms with Crippen LogP contribution in [0.5, 0.6) is 5.75 Å². The van der Waals surface area contributed by atoms with Gasteiger partial charge in [0, 0.05) is 17.3 Å². The first-order valence-corrected chi connectivity index (χ1v) is 8.80. The number of benzene rings is 2. The second kappa shape index (κ2) is 7.44. The summed E-state index contributed by atoms with van der Waals surface area (Å²) in [5, 5.41) is 8.95. The fourth-order valence-electron chi connectivity index (χ4n) is 3.11. The summed E-state index contributed by atoms with van der Waals surface area (Å²) in [5.41, 5.74) is 2.46. The maximum absolute atomic E-state index is 13.0. The van der Waals surface area contributed by atoms with E-state index in [1.54, 1.807) is 16.7 Å². The number of ether oxygens (including phenoxy) is 1. The fraction of sp³-hybridized carbons (Fsp3) is 0. The van der Waals surface area contributed by atoms with Crippen LogP contribution in [0.2, 0.25) is 0 Å². The van der Waals surface area contributed by atoms with Gasteiger partial charge < -0.3 is 14.2 Å². The van der Waals surface area contributed by atoms with Crippen LogP contribution in [0.25, 0.3) is 16.6 Å². The Bertz CT molecular complexity index is 1220. The molecule has 0 bridgehead atoms. The molecule has 0 amide bonds. The summed E-state index contributed by atoms with van der Waals surface area (Å²) >= 11 is 0. The van der Waals surface area contributed by atoms with Crippen molar-refractivity contribution in [2.24, 2.45) is 0 Å². The molecule has 6 nitrogen and oxygen atoms in total. The lowest BCUT2D eigenvalue weighted by Gasteiger charge is -2.07. The van der Waals surface area contributed by atoms with Crippen LogP contribution in [0.4, 0.5) is 0 Å². The highest BCUT2D eigenvalue weighted by Gasteiger charge is 2.26. The van der Waals surface area contributed by atoms with Crippen molar-refractivity contribution in [3.63, 3.8) is 0 Å². The predicted molar refractivity (Wildman–Crippen MR) is 106 cm³/mol. The summed E-state index contributed by atoms with van der Waals surface area (Å²) in [5.74, 6) is -2.84. The monoisotopic (exact) mass is 385 g/mol. The van der Waals surface area contributed by atoms with Crippen molar-refractivity contribution in [3.05, 3.63) is 96.3 Å². The lowest BCUT2D eigenvalue weighted by Crippen LogP contribution is -2.22. The number of rotatable bonds is 5. The molecule has 0 aliphatic heterocycles. The third-order valence-electron chi connectivity index (χ3n) is 4.48. The molecule has 0 aliphatic carbocycles. The van der Waals surface area contributed by atoms with Crippen LogP contribution in [0, 0.1) is 0 Å². The zero-order valence-electron chi connectivity index (χ0n) is 15.1. The van der Waals surface area contributed by atoms with Gasteiger partial charge in [-0.3, -0.25) is 4.79 Å². The Hall–Kier alpha value is -4.19. The second-order valence-electron chi connectivity index (χ2n) is 6.32. The number of hydrogen-bond donors (Lipinski definition) is 1. The molecule has 0 saturated carbocycles. The molecule has 6 heteroatoms. The van der Waals surface area contributed by atoms with Crippen molar-refractivity contribution < 1.29 is 24.2 Å². The molecule has 0 fully saturated rings. The largest absolute Gasteiger partial charge is 0.478 e. The molecule has 2 aromatic heterocycles. The Morgan fingerprint density at radius 2 is 1.52 bits per heavy atom. The number of carbonyl (C=O) groups excluding carboxylic acids is 2. The van der Waals surface area contributed by atoms with Crippen molar-refractivity contribution in [3.8, 4) is 16.9 Å². The van der Waals surface area contributed by atoms with Gasteiger partial charge in [-0.05, 0) is 48.0 Å². The normalized spacial score (nSPS) is 10.6. The summed E-state index contributed by atoms with van der Waals surface area (Å²) in [6.07, 6.45) is 1.71. The number of carboxylic acid groups (broad SMARTS) is 1. The van der Waals surface area contributed by atoms with Crippen molar-refractivity contribution in [1.29, 1.82) is 0 Å². The molecule has 0 aliphatic rings. The van der Waals surface area contributed by atoms with Crippen molar-refractivity contribution in [2.75, 3.05) is 0 Å². The molecular formula is C23H15NO5. The topological polar surface area (TPSA) is 85.1 Å². The van der Waals surface area contributed by atoms with E-state index in [4.69, 9.17) is 9.84 Å². The van der Waals surface area contributed by atoms with Gasteiger partial charge in [0.1, 0.15) is 11.4 Å². The van der Waals surface area contributed by atoms with Crippen LogP contribution < -0.4 is 4.74 Å². The summed E-state index contributed by atoms with van der Waals surface area (Å²) in [7, 11) is 0. The number of pyridine rings is 1. The predicted octanol–water partition coefficient (Wildman–Crippen LogP) is 4.09. The molecule has 1 N–H and O–H groups in total. The molecule has 4 rings (SSSR count). The molecule has 4 aromatic rings. The Morgan fingerprint density at radius 1 is 0.828 bits per heavy atom. The maximum Gasteiger partial charge on any atom is 0.386 e. The van der Waals surface area contributed by atoms with Crippen LogP contribution in [0.15, 0.2) is 85.1 Å². The standard InChI is InChI=1S/C23H15NO5/c25-21(23(28)29-18-11-9-16(10-12-18)22(26)27)20-19(15-6-2-1-3-7-15)14-17-8-4-5-13-24(17)20/h1-14H,(H,26,27). The van der Waals surface area contributed by atoms with Gasteiger partial charge in [-0.25, -0.2) is 9.59 Å². The van der Waals surface area contributed by atoms with Crippen LogP contribution in [-0.4, -0.2) is 27.2 Å². The number of carbonyl (C=O) groups is 3. The number of nitrogens with zero attached hydrogens (tertiary/aromatic N) is 1. The Morgan fingerprint density at radius 3 is 2.21 bits per heavy atom. The lowest BCUT2D eigenvalue weighted by molar-refractivity contribution is -0.129. The molecule has 0 radical (unpaired) electrons. The minimum absolute atomic E-state index is 0.0556. The quantitative estimate of drug-likeness (QED) is 0.242. The van der Waals surface area contributed by atoms with Gasteiger partial charge in [-0.1, -0.05) is 36.4 Å². The van der Waals surface area contributed by atoms with Crippen molar-refractivity contribution >= 4 is 23.2 Å². The zero-order chi connectivity index (χ0) is 20.4. The molecule has 0 atom stereocenters. The number of ketones is 1. The minimum atomic E-state index is -1.09. The smallest absolute Gasteiger partial charge is 0.386 e. The van der Waals surface area contributed by atoms with Crippen molar-refractivity contribution in [2.45, 2.75) is 0 Å². The Labute approximate surface area is 165 Å². The number of aromatic nitrogens is 1. The van der Waals surface area contributed by atoms with E-state index in [1.165, 1.54) is 24.3 Å². The zero-order valence-corrected chi connectivity index (χ0v) is 15.1. The third kappa shape index (κ3) is 3.51. The van der Waals surface area contributed by atoms with Gasteiger partial charge in [0.2, 0.25) is 0 Å². The van der Waals surface area contributed by atoms with E-state index >= 15 is 0 Å². The molecule has 2 heterocycles. The highest BCUT2D eigenvalue weighted by Crippen LogP contribution is 2.28. The minimum Gasteiger partial charge on any atom is -0.478 e. The Kier molecular flexibility index (Phi) is 4.66. The highest BCUT2D eigenvalue weighted by atomic mass is 16.5. The van der Waals surface area contributed by atoms with E-state index in [1.807, 2.05) is 48.5 Å². The number of Topliss-reactive ketones (excluding diaryl/α,β-unsaturated/α-hetero) is 1. The highest BCUT2D eigenvalue weighted by molar-refractivity contribution is 6.42. The molecule has 0 saturated heterocycles. The molecule has 29 heavy (non-hydrogen) atoms. The van der Waals surface area contributed by atoms with Crippen LogP contribution in [0.3, 0.4) is 0 Å². The average molecular weight is 385 g/mol. The van der Waals surface area contributed by atoms with E-state index in [2.05, 4.69) is 0 Å². The maximum atomic E-state index is 13.0.